The monoisotopic (exact) mass is 235 g/mol. The van der Waals surface area contributed by atoms with Crippen molar-refractivity contribution < 1.29 is 9.53 Å². The van der Waals surface area contributed by atoms with Crippen LogP contribution in [0.2, 0.25) is 0 Å². The number of urea groups is 1. The molecule has 1 aliphatic rings. The van der Waals surface area contributed by atoms with Crippen LogP contribution in [-0.2, 0) is 4.74 Å². The van der Waals surface area contributed by atoms with Crippen molar-refractivity contribution in [3.8, 4) is 0 Å². The van der Waals surface area contributed by atoms with Gasteiger partial charge in [-0.1, -0.05) is 0 Å². The number of morpholine rings is 1. The van der Waals surface area contributed by atoms with E-state index in [9.17, 15) is 4.79 Å². The molecule has 0 unspecified atom stereocenters. The Bertz CT molecular complexity index is 363. The van der Waals surface area contributed by atoms with Crippen LogP contribution in [0.15, 0.2) is 24.5 Å². The van der Waals surface area contributed by atoms with Gasteiger partial charge >= 0.3 is 6.03 Å². The van der Waals surface area contributed by atoms with Crippen molar-refractivity contribution in [3.63, 3.8) is 0 Å². The minimum atomic E-state index is 0.0435. The first-order valence-corrected chi connectivity index (χ1v) is 5.87. The molecule has 0 atom stereocenters. The molecule has 0 N–H and O–H groups in total. The molecule has 5 heteroatoms. The summed E-state index contributed by atoms with van der Waals surface area (Å²) in [4.78, 5) is 19.9. The Morgan fingerprint density at radius 1 is 1.41 bits per heavy atom. The normalized spacial score (nSPS) is 15.7. The van der Waals surface area contributed by atoms with E-state index in [1.807, 2.05) is 24.0 Å². The molecule has 2 amide bonds. The Morgan fingerprint density at radius 2 is 2.06 bits per heavy atom. The third-order valence-electron chi connectivity index (χ3n) is 2.80. The summed E-state index contributed by atoms with van der Waals surface area (Å²) < 4.78 is 5.25. The van der Waals surface area contributed by atoms with Gasteiger partial charge in [0.25, 0.3) is 0 Å². The summed E-state index contributed by atoms with van der Waals surface area (Å²) in [7, 11) is 0. The molecular formula is C12H17N3O2. The average molecular weight is 235 g/mol. The zero-order valence-electron chi connectivity index (χ0n) is 10.0. The van der Waals surface area contributed by atoms with E-state index in [-0.39, 0.29) is 6.03 Å². The Morgan fingerprint density at radius 3 is 2.65 bits per heavy atom. The van der Waals surface area contributed by atoms with Gasteiger partial charge in [0.2, 0.25) is 0 Å². The average Bonchev–Trinajstić information content (AvgIpc) is 2.42. The summed E-state index contributed by atoms with van der Waals surface area (Å²) in [6.07, 6.45) is 3.40. The van der Waals surface area contributed by atoms with Crippen LogP contribution >= 0.6 is 0 Å². The van der Waals surface area contributed by atoms with Crippen molar-refractivity contribution in [2.75, 3.05) is 37.7 Å². The van der Waals surface area contributed by atoms with Crippen LogP contribution in [-0.4, -0.2) is 48.8 Å². The molecule has 17 heavy (non-hydrogen) atoms. The van der Waals surface area contributed by atoms with Crippen molar-refractivity contribution in [2.45, 2.75) is 6.92 Å². The molecule has 1 aromatic rings. The van der Waals surface area contributed by atoms with Gasteiger partial charge in [-0.05, 0) is 19.1 Å². The molecule has 2 heterocycles. The lowest BCUT2D eigenvalue weighted by Gasteiger charge is -2.32. The number of carbonyl (C=O) groups is 1. The van der Waals surface area contributed by atoms with E-state index in [1.165, 1.54) is 0 Å². The summed E-state index contributed by atoms with van der Waals surface area (Å²) in [5.74, 6) is 0. The first-order chi connectivity index (χ1) is 8.33. The van der Waals surface area contributed by atoms with E-state index in [0.29, 0.717) is 32.8 Å². The van der Waals surface area contributed by atoms with Gasteiger partial charge in [0.1, 0.15) is 0 Å². The number of hydrogen-bond acceptors (Lipinski definition) is 3. The second kappa shape index (κ2) is 5.63. The molecule has 1 aromatic heterocycles. The molecule has 5 nitrogen and oxygen atoms in total. The predicted octanol–water partition coefficient (Wildman–Crippen LogP) is 1.36. The van der Waals surface area contributed by atoms with Gasteiger partial charge in [0, 0.05) is 37.7 Å². The van der Waals surface area contributed by atoms with E-state index in [0.717, 1.165) is 5.69 Å². The fourth-order valence-electron chi connectivity index (χ4n) is 1.88. The maximum absolute atomic E-state index is 12.3. The molecule has 1 aliphatic heterocycles. The van der Waals surface area contributed by atoms with Gasteiger partial charge in [0.05, 0.1) is 13.2 Å². The summed E-state index contributed by atoms with van der Waals surface area (Å²) in [6.45, 7) is 5.21. The van der Waals surface area contributed by atoms with Gasteiger partial charge in [-0.25, -0.2) is 4.79 Å². The Kier molecular flexibility index (Phi) is 3.93. The largest absolute Gasteiger partial charge is 0.378 e. The number of pyridine rings is 1. The fraction of sp³-hybridized carbons (Fsp3) is 0.500. The SMILES string of the molecule is CCN(C(=O)N1CCOCC1)c1ccncc1. The standard InChI is InChI=1S/C12H17N3O2/c1-2-15(11-3-5-13-6-4-11)12(16)14-7-9-17-10-8-14/h3-6H,2,7-10H2,1H3. The number of rotatable bonds is 2. The lowest BCUT2D eigenvalue weighted by molar-refractivity contribution is 0.0549. The van der Waals surface area contributed by atoms with Crippen LogP contribution < -0.4 is 4.90 Å². The van der Waals surface area contributed by atoms with Crippen molar-refractivity contribution >= 4 is 11.7 Å². The molecule has 0 saturated carbocycles. The lowest BCUT2D eigenvalue weighted by Crippen LogP contribution is -2.48. The maximum Gasteiger partial charge on any atom is 0.324 e. The molecule has 2 rings (SSSR count). The predicted molar refractivity (Wildman–Crippen MR) is 65.0 cm³/mol. The molecule has 1 fully saturated rings. The third-order valence-corrected chi connectivity index (χ3v) is 2.80. The molecule has 92 valence electrons. The van der Waals surface area contributed by atoms with Crippen LogP contribution in [0.5, 0.6) is 0 Å². The molecule has 1 saturated heterocycles. The number of hydrogen-bond donors (Lipinski definition) is 0. The third kappa shape index (κ3) is 2.74. The highest BCUT2D eigenvalue weighted by Gasteiger charge is 2.22. The summed E-state index contributed by atoms with van der Waals surface area (Å²) in [6, 6.07) is 3.74. The summed E-state index contributed by atoms with van der Waals surface area (Å²) in [5, 5.41) is 0. The van der Waals surface area contributed by atoms with E-state index in [1.54, 1.807) is 17.3 Å². The van der Waals surface area contributed by atoms with Gasteiger partial charge in [0.15, 0.2) is 0 Å². The number of carbonyl (C=O) groups excluding carboxylic acids is 1. The quantitative estimate of drug-likeness (QED) is 0.777. The highest BCUT2D eigenvalue weighted by Crippen LogP contribution is 2.14. The minimum absolute atomic E-state index is 0.0435. The van der Waals surface area contributed by atoms with Crippen molar-refractivity contribution in [2.24, 2.45) is 0 Å². The van der Waals surface area contributed by atoms with Crippen molar-refractivity contribution in [3.05, 3.63) is 24.5 Å². The highest BCUT2D eigenvalue weighted by atomic mass is 16.5. The maximum atomic E-state index is 12.3. The first kappa shape index (κ1) is 11.9. The molecule has 0 spiro atoms. The van der Waals surface area contributed by atoms with E-state index in [2.05, 4.69) is 4.98 Å². The van der Waals surface area contributed by atoms with Crippen LogP contribution in [0.1, 0.15) is 6.92 Å². The van der Waals surface area contributed by atoms with E-state index < -0.39 is 0 Å². The number of nitrogens with zero attached hydrogens (tertiary/aromatic N) is 3. The van der Waals surface area contributed by atoms with Gasteiger partial charge < -0.3 is 9.64 Å². The zero-order valence-corrected chi connectivity index (χ0v) is 10.0. The summed E-state index contributed by atoms with van der Waals surface area (Å²) in [5.41, 5.74) is 0.888. The zero-order chi connectivity index (χ0) is 12.1. The Labute approximate surface area is 101 Å². The highest BCUT2D eigenvalue weighted by molar-refractivity contribution is 5.91. The lowest BCUT2D eigenvalue weighted by atomic mass is 10.3. The Hall–Kier alpha value is -1.62. The van der Waals surface area contributed by atoms with Crippen LogP contribution in [0, 0.1) is 0 Å². The first-order valence-electron chi connectivity index (χ1n) is 5.87. The molecule has 0 radical (unpaired) electrons. The molecule has 0 aliphatic carbocycles. The topological polar surface area (TPSA) is 45.7 Å². The second-order valence-electron chi connectivity index (χ2n) is 3.83. The molecule has 0 bridgehead atoms. The molecule has 0 aromatic carbocycles. The van der Waals surface area contributed by atoms with Crippen LogP contribution in [0.25, 0.3) is 0 Å². The van der Waals surface area contributed by atoms with Crippen LogP contribution in [0.4, 0.5) is 10.5 Å². The van der Waals surface area contributed by atoms with Crippen LogP contribution in [0.3, 0.4) is 0 Å². The van der Waals surface area contributed by atoms with Gasteiger partial charge in [-0.3, -0.25) is 9.88 Å². The second-order valence-corrected chi connectivity index (χ2v) is 3.83. The fourth-order valence-corrected chi connectivity index (χ4v) is 1.88. The van der Waals surface area contributed by atoms with E-state index >= 15 is 0 Å². The number of aromatic nitrogens is 1. The van der Waals surface area contributed by atoms with Gasteiger partial charge in [-0.2, -0.15) is 0 Å². The smallest absolute Gasteiger partial charge is 0.324 e. The van der Waals surface area contributed by atoms with Gasteiger partial charge in [-0.15, -0.1) is 0 Å². The van der Waals surface area contributed by atoms with Crippen molar-refractivity contribution in [1.82, 2.24) is 9.88 Å². The summed E-state index contributed by atoms with van der Waals surface area (Å²) >= 11 is 0. The Balaban J connectivity index is 2.10. The minimum Gasteiger partial charge on any atom is -0.378 e. The number of anilines is 1. The number of amides is 2. The number of ether oxygens (including phenoxy) is 1. The van der Waals surface area contributed by atoms with Crippen molar-refractivity contribution in [1.29, 1.82) is 0 Å². The van der Waals surface area contributed by atoms with E-state index in [4.69, 9.17) is 4.74 Å². The molecular weight excluding hydrogens is 218 g/mol.